The second kappa shape index (κ2) is 8.01. The number of carbonyl (C=O) groups excluding carboxylic acids is 1. The van der Waals surface area contributed by atoms with Gasteiger partial charge in [-0.05, 0) is 31.9 Å². The number of methoxy groups -OCH3 is 1. The highest BCUT2D eigenvalue weighted by Crippen LogP contribution is 2.37. The molecule has 1 aliphatic rings. The van der Waals surface area contributed by atoms with E-state index in [-0.39, 0.29) is 34.1 Å². The standard InChI is InChI=1S/C18H20F2N6O4S2/c1-18(5-6-18)25-32(28,29)9-7-10(21)14-11(3-4-13(27)30-2)24-26(12(14)8-9)17-23-22-16(31-17)15(19)20/h7-8,15,25H,3-6,21H2,1-2H3. The van der Waals surface area contributed by atoms with Gasteiger partial charge in [0.25, 0.3) is 6.43 Å². The Kier molecular flexibility index (Phi) is 5.63. The van der Waals surface area contributed by atoms with Gasteiger partial charge in [0.05, 0.1) is 29.6 Å². The Labute approximate surface area is 185 Å². The van der Waals surface area contributed by atoms with E-state index < -0.39 is 33.0 Å². The first-order chi connectivity index (χ1) is 15.0. The molecule has 1 aromatic carbocycles. The van der Waals surface area contributed by atoms with Crippen molar-refractivity contribution in [1.82, 2.24) is 24.7 Å². The molecule has 14 heteroatoms. The van der Waals surface area contributed by atoms with Crippen molar-refractivity contribution < 1.29 is 26.7 Å². The molecule has 0 amide bonds. The van der Waals surface area contributed by atoms with Gasteiger partial charge in [-0.3, -0.25) is 4.79 Å². The molecule has 0 saturated heterocycles. The third-order valence-electron chi connectivity index (χ3n) is 5.14. The molecule has 172 valence electrons. The molecule has 4 rings (SSSR count). The maximum absolute atomic E-state index is 13.0. The fourth-order valence-corrected chi connectivity index (χ4v) is 5.38. The first-order valence-corrected chi connectivity index (χ1v) is 11.9. The van der Waals surface area contributed by atoms with E-state index in [0.717, 1.165) is 12.8 Å². The van der Waals surface area contributed by atoms with Gasteiger partial charge in [0, 0.05) is 23.0 Å². The fraction of sp³-hybridized carbons (Fsp3) is 0.444. The summed E-state index contributed by atoms with van der Waals surface area (Å²) >= 11 is 0.621. The second-order valence-corrected chi connectivity index (χ2v) is 10.4. The average molecular weight is 487 g/mol. The lowest BCUT2D eigenvalue weighted by atomic mass is 10.1. The highest BCUT2D eigenvalue weighted by Gasteiger charge is 2.41. The summed E-state index contributed by atoms with van der Waals surface area (Å²) < 4.78 is 60.4. The molecule has 0 radical (unpaired) electrons. The van der Waals surface area contributed by atoms with Crippen LogP contribution in [0.5, 0.6) is 0 Å². The van der Waals surface area contributed by atoms with Gasteiger partial charge in [-0.2, -0.15) is 5.10 Å². The summed E-state index contributed by atoms with van der Waals surface area (Å²) in [5.41, 5.74) is 6.45. The molecule has 0 bridgehead atoms. The molecule has 3 aromatic rings. The molecule has 2 aromatic heterocycles. The highest BCUT2D eigenvalue weighted by atomic mass is 32.2. The number of hydrogen-bond acceptors (Lipinski definition) is 9. The first-order valence-electron chi connectivity index (χ1n) is 9.57. The van der Waals surface area contributed by atoms with Crippen molar-refractivity contribution >= 4 is 43.9 Å². The van der Waals surface area contributed by atoms with Gasteiger partial charge in [-0.15, -0.1) is 10.2 Å². The van der Waals surface area contributed by atoms with Crippen LogP contribution < -0.4 is 10.5 Å². The number of esters is 1. The summed E-state index contributed by atoms with van der Waals surface area (Å²) in [7, 11) is -2.64. The van der Waals surface area contributed by atoms with E-state index >= 15 is 0 Å². The fourth-order valence-electron chi connectivity index (χ4n) is 3.20. The Morgan fingerprint density at radius 3 is 2.69 bits per heavy atom. The quantitative estimate of drug-likeness (QED) is 0.365. The van der Waals surface area contributed by atoms with Crippen LogP contribution in [-0.4, -0.2) is 47.0 Å². The van der Waals surface area contributed by atoms with Gasteiger partial charge < -0.3 is 10.5 Å². The van der Waals surface area contributed by atoms with E-state index in [4.69, 9.17) is 5.73 Å². The van der Waals surface area contributed by atoms with Crippen LogP contribution in [0.25, 0.3) is 16.0 Å². The molecule has 0 atom stereocenters. The summed E-state index contributed by atoms with van der Waals surface area (Å²) in [5, 5.41) is 11.5. The number of nitrogen functional groups attached to an aromatic ring is 1. The third-order valence-corrected chi connectivity index (χ3v) is 7.67. The topological polar surface area (TPSA) is 142 Å². The second-order valence-electron chi connectivity index (χ2n) is 7.73. The normalized spacial score (nSPS) is 15.4. The summed E-state index contributed by atoms with van der Waals surface area (Å²) in [4.78, 5) is 11.5. The zero-order chi connectivity index (χ0) is 23.3. The molecule has 1 saturated carbocycles. The SMILES string of the molecule is COC(=O)CCc1nn(-c2nnc(C(F)F)s2)c2cc(S(=O)(=O)NC3(C)CC3)cc(N)c12. The van der Waals surface area contributed by atoms with Crippen molar-refractivity contribution in [2.45, 2.75) is 49.5 Å². The number of halogens is 2. The predicted octanol–water partition coefficient (Wildman–Crippen LogP) is 2.33. The van der Waals surface area contributed by atoms with E-state index in [1.807, 2.05) is 0 Å². The first kappa shape index (κ1) is 22.5. The number of nitrogens with one attached hydrogen (secondary N) is 1. The number of nitrogens with zero attached hydrogens (tertiary/aromatic N) is 4. The number of aryl methyl sites for hydroxylation is 1. The van der Waals surface area contributed by atoms with Gasteiger partial charge in [0.1, 0.15) is 0 Å². The monoisotopic (exact) mass is 486 g/mol. The Bertz CT molecular complexity index is 1300. The van der Waals surface area contributed by atoms with Crippen molar-refractivity contribution in [3.8, 4) is 5.13 Å². The number of benzene rings is 1. The number of ether oxygens (including phenoxy) is 1. The number of carbonyl (C=O) groups is 1. The van der Waals surface area contributed by atoms with Gasteiger partial charge in [0.2, 0.25) is 15.2 Å². The zero-order valence-corrected chi connectivity index (χ0v) is 18.8. The number of fused-ring (bicyclic) bond motifs is 1. The van der Waals surface area contributed by atoms with Gasteiger partial charge in [-0.1, -0.05) is 11.3 Å². The maximum atomic E-state index is 13.0. The maximum Gasteiger partial charge on any atom is 0.305 e. The van der Waals surface area contributed by atoms with Crippen molar-refractivity contribution in [3.05, 3.63) is 22.8 Å². The Balaban J connectivity index is 1.86. The Morgan fingerprint density at radius 1 is 1.38 bits per heavy atom. The molecular weight excluding hydrogens is 466 g/mol. The Hall–Kier alpha value is -2.71. The van der Waals surface area contributed by atoms with E-state index in [1.165, 1.54) is 23.9 Å². The number of hydrogen-bond donors (Lipinski definition) is 2. The molecule has 0 spiro atoms. The van der Waals surface area contributed by atoms with Gasteiger partial charge in [-0.25, -0.2) is 26.6 Å². The number of sulfonamides is 1. The number of aromatic nitrogens is 4. The van der Waals surface area contributed by atoms with E-state index in [0.29, 0.717) is 22.4 Å². The lowest BCUT2D eigenvalue weighted by Gasteiger charge is -2.13. The van der Waals surface area contributed by atoms with E-state index in [9.17, 15) is 22.0 Å². The largest absolute Gasteiger partial charge is 0.469 e. The van der Waals surface area contributed by atoms with Crippen molar-refractivity contribution in [3.63, 3.8) is 0 Å². The predicted molar refractivity (Wildman–Crippen MR) is 112 cm³/mol. The number of nitrogens with two attached hydrogens (primary N) is 1. The molecule has 0 unspecified atom stereocenters. The minimum Gasteiger partial charge on any atom is -0.469 e. The van der Waals surface area contributed by atoms with Crippen LogP contribution >= 0.6 is 11.3 Å². The molecule has 0 aliphatic heterocycles. The third kappa shape index (κ3) is 4.29. The van der Waals surface area contributed by atoms with E-state index in [2.05, 4.69) is 24.8 Å². The zero-order valence-electron chi connectivity index (χ0n) is 17.1. The van der Waals surface area contributed by atoms with Gasteiger partial charge >= 0.3 is 5.97 Å². The molecule has 1 aliphatic carbocycles. The lowest BCUT2D eigenvalue weighted by Crippen LogP contribution is -2.34. The van der Waals surface area contributed by atoms with Crippen LogP contribution in [0, 0.1) is 0 Å². The molecular formula is C18H20F2N6O4S2. The van der Waals surface area contributed by atoms with Crippen LogP contribution in [0.2, 0.25) is 0 Å². The molecule has 2 heterocycles. The number of anilines is 1. The average Bonchev–Trinajstić information content (AvgIpc) is 3.14. The highest BCUT2D eigenvalue weighted by molar-refractivity contribution is 7.89. The summed E-state index contributed by atoms with van der Waals surface area (Å²) in [6.07, 6.45) is -1.23. The molecule has 10 nitrogen and oxygen atoms in total. The van der Waals surface area contributed by atoms with Gasteiger partial charge in [0.15, 0.2) is 5.01 Å². The smallest absolute Gasteiger partial charge is 0.305 e. The van der Waals surface area contributed by atoms with Crippen LogP contribution in [0.15, 0.2) is 17.0 Å². The van der Waals surface area contributed by atoms with Crippen molar-refractivity contribution in [2.24, 2.45) is 0 Å². The number of alkyl halides is 2. The Morgan fingerprint density at radius 2 is 2.09 bits per heavy atom. The summed E-state index contributed by atoms with van der Waals surface area (Å²) in [5.74, 6) is -0.469. The van der Waals surface area contributed by atoms with Crippen molar-refractivity contribution in [2.75, 3.05) is 12.8 Å². The molecule has 3 N–H and O–H groups in total. The van der Waals surface area contributed by atoms with Crippen LogP contribution in [0.1, 0.15) is 43.3 Å². The summed E-state index contributed by atoms with van der Waals surface area (Å²) in [6.45, 7) is 1.80. The van der Waals surface area contributed by atoms with Crippen LogP contribution in [-0.2, 0) is 26.0 Å². The number of rotatable bonds is 8. The lowest BCUT2D eigenvalue weighted by molar-refractivity contribution is -0.140. The minimum atomic E-state index is -3.89. The summed E-state index contributed by atoms with van der Waals surface area (Å²) in [6, 6.07) is 2.67. The van der Waals surface area contributed by atoms with E-state index in [1.54, 1.807) is 6.92 Å². The van der Waals surface area contributed by atoms with Crippen LogP contribution in [0.4, 0.5) is 14.5 Å². The molecule has 32 heavy (non-hydrogen) atoms. The van der Waals surface area contributed by atoms with Crippen molar-refractivity contribution in [1.29, 1.82) is 0 Å². The minimum absolute atomic E-state index is 0.000413. The molecule has 1 fully saturated rings. The van der Waals surface area contributed by atoms with Crippen LogP contribution in [0.3, 0.4) is 0 Å².